The van der Waals surface area contributed by atoms with Gasteiger partial charge in [-0.15, -0.1) is 11.3 Å². The van der Waals surface area contributed by atoms with E-state index in [9.17, 15) is 4.79 Å². The summed E-state index contributed by atoms with van der Waals surface area (Å²) in [7, 11) is 1.60. The number of hydrogen-bond acceptors (Lipinski definition) is 7. The van der Waals surface area contributed by atoms with Gasteiger partial charge >= 0.3 is 0 Å². The van der Waals surface area contributed by atoms with E-state index in [0.29, 0.717) is 22.9 Å². The number of anilines is 1. The Hall–Kier alpha value is -2.45. The van der Waals surface area contributed by atoms with Crippen molar-refractivity contribution in [1.29, 1.82) is 0 Å². The molecule has 6 nitrogen and oxygen atoms in total. The monoisotopic (exact) mass is 360 g/mol. The molecule has 1 amide bonds. The van der Waals surface area contributed by atoms with E-state index in [4.69, 9.17) is 16.2 Å². The number of benzene rings is 1. The van der Waals surface area contributed by atoms with Gasteiger partial charge in [0.1, 0.15) is 5.75 Å². The molecule has 0 unspecified atom stereocenters. The van der Waals surface area contributed by atoms with Crippen molar-refractivity contribution in [2.24, 2.45) is 5.73 Å². The number of aryl methyl sites for hydroxylation is 1. The predicted octanol–water partition coefficient (Wildman–Crippen LogP) is 2.86. The Morgan fingerprint density at radius 2 is 2.12 bits per heavy atom. The first kappa shape index (κ1) is 16.4. The molecule has 3 aromatic rings. The van der Waals surface area contributed by atoms with Crippen molar-refractivity contribution in [3.05, 3.63) is 45.4 Å². The van der Waals surface area contributed by atoms with E-state index < -0.39 is 5.91 Å². The molecule has 0 spiro atoms. The standard InChI is InChI=1S/C16H16N4O2S2/c1-8-14(24-16(18)19-8)11-7-23-13(20-11)6-10-5-9(15(17)21)3-4-12(10)22-2/h3-5,7H,6H2,1-2H3,(H2,17,21)(H2,18,19). The van der Waals surface area contributed by atoms with Crippen molar-refractivity contribution in [2.75, 3.05) is 12.8 Å². The number of ether oxygens (including phenoxy) is 1. The highest BCUT2D eigenvalue weighted by Crippen LogP contribution is 2.33. The summed E-state index contributed by atoms with van der Waals surface area (Å²) in [6.07, 6.45) is 0.558. The Bertz CT molecular complexity index is 901. The fourth-order valence-corrected chi connectivity index (χ4v) is 4.06. The molecule has 0 saturated carbocycles. The second kappa shape index (κ2) is 6.58. The van der Waals surface area contributed by atoms with Gasteiger partial charge in [0.05, 0.1) is 28.4 Å². The fraction of sp³-hybridized carbons (Fsp3) is 0.188. The Labute approximate surface area is 147 Å². The second-order valence-electron chi connectivity index (χ2n) is 5.16. The minimum Gasteiger partial charge on any atom is -0.496 e. The zero-order valence-electron chi connectivity index (χ0n) is 13.2. The maximum Gasteiger partial charge on any atom is 0.248 e. The van der Waals surface area contributed by atoms with Crippen LogP contribution < -0.4 is 16.2 Å². The number of methoxy groups -OCH3 is 1. The van der Waals surface area contributed by atoms with Gasteiger partial charge in [-0.2, -0.15) is 0 Å². The highest BCUT2D eigenvalue weighted by Gasteiger charge is 2.14. The van der Waals surface area contributed by atoms with Crippen LogP contribution in [0.2, 0.25) is 0 Å². The van der Waals surface area contributed by atoms with Crippen LogP contribution in [0.3, 0.4) is 0 Å². The SMILES string of the molecule is COc1ccc(C(N)=O)cc1Cc1nc(-c2sc(N)nc2C)cs1. The molecule has 0 fully saturated rings. The van der Waals surface area contributed by atoms with E-state index in [1.54, 1.807) is 36.6 Å². The summed E-state index contributed by atoms with van der Waals surface area (Å²) in [6, 6.07) is 5.15. The maximum atomic E-state index is 11.4. The molecule has 0 aliphatic rings. The Morgan fingerprint density at radius 1 is 1.33 bits per heavy atom. The Morgan fingerprint density at radius 3 is 2.75 bits per heavy atom. The highest BCUT2D eigenvalue weighted by molar-refractivity contribution is 7.19. The van der Waals surface area contributed by atoms with Crippen molar-refractivity contribution in [1.82, 2.24) is 9.97 Å². The van der Waals surface area contributed by atoms with Crippen molar-refractivity contribution in [3.63, 3.8) is 0 Å². The average Bonchev–Trinajstić information content (AvgIpc) is 3.13. The maximum absolute atomic E-state index is 11.4. The number of carbonyl (C=O) groups excluding carboxylic acids is 1. The van der Waals surface area contributed by atoms with Crippen LogP contribution in [-0.4, -0.2) is 23.0 Å². The summed E-state index contributed by atoms with van der Waals surface area (Å²) in [6.45, 7) is 1.92. The number of thiazole rings is 2. The molecule has 4 N–H and O–H groups in total. The molecule has 0 saturated heterocycles. The number of amides is 1. The third-order valence-electron chi connectivity index (χ3n) is 3.50. The largest absolute Gasteiger partial charge is 0.496 e. The number of nitrogens with two attached hydrogens (primary N) is 2. The first-order valence-corrected chi connectivity index (χ1v) is 8.82. The smallest absolute Gasteiger partial charge is 0.248 e. The van der Waals surface area contributed by atoms with Crippen LogP contribution in [-0.2, 0) is 6.42 Å². The lowest BCUT2D eigenvalue weighted by molar-refractivity contribution is 0.1000. The summed E-state index contributed by atoms with van der Waals surface area (Å²) >= 11 is 2.97. The zero-order chi connectivity index (χ0) is 17.3. The van der Waals surface area contributed by atoms with Crippen LogP contribution in [0.25, 0.3) is 10.6 Å². The molecule has 0 aliphatic heterocycles. The molecular formula is C16H16N4O2S2. The van der Waals surface area contributed by atoms with E-state index in [1.165, 1.54) is 11.3 Å². The average molecular weight is 360 g/mol. The van der Waals surface area contributed by atoms with Gasteiger partial charge in [-0.3, -0.25) is 4.79 Å². The molecule has 124 valence electrons. The quantitative estimate of drug-likeness (QED) is 0.728. The first-order chi connectivity index (χ1) is 11.5. The van der Waals surface area contributed by atoms with E-state index in [0.717, 1.165) is 26.8 Å². The Balaban J connectivity index is 1.91. The van der Waals surface area contributed by atoms with Gasteiger partial charge in [-0.25, -0.2) is 9.97 Å². The molecular weight excluding hydrogens is 344 g/mol. The molecule has 24 heavy (non-hydrogen) atoms. The lowest BCUT2D eigenvalue weighted by atomic mass is 10.1. The summed E-state index contributed by atoms with van der Waals surface area (Å²) in [5, 5.41) is 3.43. The minimum absolute atomic E-state index is 0.452. The summed E-state index contributed by atoms with van der Waals surface area (Å²) < 4.78 is 5.37. The molecule has 2 heterocycles. The van der Waals surface area contributed by atoms with Gasteiger partial charge in [0.15, 0.2) is 5.13 Å². The number of rotatable bonds is 5. The number of primary amides is 1. The van der Waals surface area contributed by atoms with E-state index >= 15 is 0 Å². The van der Waals surface area contributed by atoms with Gasteiger partial charge in [-0.05, 0) is 25.1 Å². The molecule has 2 aromatic heterocycles. The molecule has 1 aromatic carbocycles. The summed E-state index contributed by atoms with van der Waals surface area (Å²) in [5.41, 5.74) is 14.2. The van der Waals surface area contributed by atoms with Crippen LogP contribution in [0.5, 0.6) is 5.75 Å². The first-order valence-electron chi connectivity index (χ1n) is 7.12. The number of nitrogens with zero attached hydrogens (tertiary/aromatic N) is 2. The normalized spacial score (nSPS) is 10.8. The summed E-state index contributed by atoms with van der Waals surface area (Å²) in [4.78, 5) is 21.3. The van der Waals surface area contributed by atoms with Crippen molar-refractivity contribution < 1.29 is 9.53 Å². The number of aromatic nitrogens is 2. The molecule has 0 bridgehead atoms. The van der Waals surface area contributed by atoms with E-state index in [2.05, 4.69) is 9.97 Å². The highest BCUT2D eigenvalue weighted by atomic mass is 32.1. The third-order valence-corrected chi connectivity index (χ3v) is 5.36. The molecule has 0 radical (unpaired) electrons. The van der Waals surface area contributed by atoms with Gasteiger partial charge in [0.2, 0.25) is 5.91 Å². The van der Waals surface area contributed by atoms with Crippen LogP contribution in [0.1, 0.15) is 26.6 Å². The van der Waals surface area contributed by atoms with E-state index in [1.807, 2.05) is 12.3 Å². The number of carbonyl (C=O) groups is 1. The predicted molar refractivity (Wildman–Crippen MR) is 96.7 cm³/mol. The summed E-state index contributed by atoms with van der Waals surface area (Å²) in [5.74, 6) is 0.240. The van der Waals surface area contributed by atoms with Crippen LogP contribution in [0.15, 0.2) is 23.6 Å². The van der Waals surface area contributed by atoms with Crippen molar-refractivity contribution >= 4 is 33.7 Å². The third kappa shape index (κ3) is 3.24. The zero-order valence-corrected chi connectivity index (χ0v) is 14.8. The van der Waals surface area contributed by atoms with Crippen molar-refractivity contribution in [3.8, 4) is 16.3 Å². The molecule has 0 atom stereocenters. The van der Waals surface area contributed by atoms with Crippen LogP contribution in [0, 0.1) is 6.92 Å². The van der Waals surface area contributed by atoms with Crippen LogP contribution >= 0.6 is 22.7 Å². The van der Waals surface area contributed by atoms with Gasteiger partial charge < -0.3 is 16.2 Å². The molecule has 3 rings (SSSR count). The lowest BCUT2D eigenvalue weighted by Crippen LogP contribution is -2.11. The number of hydrogen-bond donors (Lipinski definition) is 2. The fourth-order valence-electron chi connectivity index (χ4n) is 2.38. The second-order valence-corrected chi connectivity index (χ2v) is 7.13. The van der Waals surface area contributed by atoms with Crippen LogP contribution in [0.4, 0.5) is 5.13 Å². The molecule has 8 heteroatoms. The Kier molecular flexibility index (Phi) is 4.50. The van der Waals surface area contributed by atoms with Gasteiger partial charge in [-0.1, -0.05) is 11.3 Å². The van der Waals surface area contributed by atoms with Gasteiger partial charge in [0, 0.05) is 22.9 Å². The topological polar surface area (TPSA) is 104 Å². The lowest BCUT2D eigenvalue weighted by Gasteiger charge is -2.08. The number of nitrogen functional groups attached to an aromatic ring is 1. The minimum atomic E-state index is -0.463. The van der Waals surface area contributed by atoms with Crippen molar-refractivity contribution in [2.45, 2.75) is 13.3 Å². The molecule has 0 aliphatic carbocycles. The van der Waals surface area contributed by atoms with E-state index in [-0.39, 0.29) is 0 Å². The van der Waals surface area contributed by atoms with Gasteiger partial charge in [0.25, 0.3) is 0 Å².